The molecule has 3 aromatic heterocycles. The van der Waals surface area contributed by atoms with Crippen molar-refractivity contribution in [2.24, 2.45) is 0 Å². The number of carbonyl (C=O) groups is 3. The van der Waals surface area contributed by atoms with Crippen LogP contribution < -0.4 is 10.2 Å². The largest absolute Gasteiger partial charge is 0.453 e. The van der Waals surface area contributed by atoms with E-state index in [1.54, 1.807) is 11.1 Å². The number of ketones is 1. The summed E-state index contributed by atoms with van der Waals surface area (Å²) in [5.74, 6) is -0.285. The molecule has 2 aliphatic rings. The van der Waals surface area contributed by atoms with Gasteiger partial charge < -0.3 is 19.3 Å². The Balaban J connectivity index is 1.42. The number of hydrogen-bond donors (Lipinski definition) is 1. The number of anilines is 2. The molecular weight excluding hydrogens is 597 g/mol. The van der Waals surface area contributed by atoms with E-state index in [1.165, 1.54) is 10.6 Å². The smallest absolute Gasteiger partial charge is 0.417 e. The third-order valence-electron chi connectivity index (χ3n) is 7.62. The van der Waals surface area contributed by atoms with E-state index < -0.39 is 17.8 Å². The van der Waals surface area contributed by atoms with Gasteiger partial charge in [0.25, 0.3) is 0 Å². The number of halogens is 3. The van der Waals surface area contributed by atoms with Crippen molar-refractivity contribution in [1.29, 1.82) is 0 Å². The van der Waals surface area contributed by atoms with Crippen molar-refractivity contribution < 1.29 is 37.0 Å². The van der Waals surface area contributed by atoms with Gasteiger partial charge in [-0.15, -0.1) is 5.10 Å². The number of morpholine rings is 1. The average Bonchev–Trinajstić information content (AvgIpc) is 3.45. The van der Waals surface area contributed by atoms with Gasteiger partial charge in [0.05, 0.1) is 31.5 Å². The molecule has 0 spiro atoms. The van der Waals surface area contributed by atoms with Crippen molar-refractivity contribution in [2.45, 2.75) is 25.6 Å². The Morgan fingerprint density at radius 2 is 1.82 bits per heavy atom. The molecular formula is C29H33F3N8O5. The van der Waals surface area contributed by atoms with E-state index in [2.05, 4.69) is 36.6 Å². The highest BCUT2D eigenvalue weighted by atomic mass is 19.4. The number of aromatic nitrogens is 4. The highest BCUT2D eigenvalue weighted by Gasteiger charge is 2.36. The molecule has 0 unspecified atom stereocenters. The summed E-state index contributed by atoms with van der Waals surface area (Å²) in [5.41, 5.74) is 0.0888. The molecule has 5 heterocycles. The first-order valence-corrected chi connectivity index (χ1v) is 14.4. The Bertz CT molecular complexity index is 1580. The number of ether oxygens (including phenoxy) is 2. The van der Waals surface area contributed by atoms with Crippen LogP contribution in [0.5, 0.6) is 0 Å². The molecule has 3 aromatic rings. The van der Waals surface area contributed by atoms with Gasteiger partial charge in [0.2, 0.25) is 5.91 Å². The molecule has 2 saturated heterocycles. The van der Waals surface area contributed by atoms with Gasteiger partial charge in [-0.2, -0.15) is 13.2 Å². The summed E-state index contributed by atoms with van der Waals surface area (Å²) in [5, 5.41) is 6.62. The maximum absolute atomic E-state index is 14.2. The van der Waals surface area contributed by atoms with Crippen molar-refractivity contribution in [3.63, 3.8) is 0 Å². The van der Waals surface area contributed by atoms with E-state index in [-0.39, 0.29) is 41.7 Å². The number of nitrogens with one attached hydrogen (secondary N) is 1. The Labute approximate surface area is 256 Å². The second-order valence-electron chi connectivity index (χ2n) is 10.6. The van der Waals surface area contributed by atoms with E-state index in [9.17, 15) is 27.6 Å². The first kappa shape index (κ1) is 31.8. The SMILES string of the molecule is C=CC(=O)CCC(=O)N1CCN(Cc2cc3c(N4CCOCC4)nc(-c4cnc(NC(=O)OC)cc4C(F)(F)F)nn3c2)CC1. The van der Waals surface area contributed by atoms with Crippen LogP contribution in [-0.2, 0) is 31.8 Å². The highest BCUT2D eigenvalue weighted by Crippen LogP contribution is 2.38. The fourth-order valence-electron chi connectivity index (χ4n) is 5.24. The quantitative estimate of drug-likeness (QED) is 0.352. The number of alkyl halides is 3. The minimum Gasteiger partial charge on any atom is -0.453 e. The molecule has 2 aliphatic heterocycles. The van der Waals surface area contributed by atoms with Crippen LogP contribution in [0, 0.1) is 0 Å². The number of pyridine rings is 1. The Morgan fingerprint density at radius 1 is 1.09 bits per heavy atom. The number of methoxy groups -OCH3 is 1. The lowest BCUT2D eigenvalue weighted by Gasteiger charge is -2.34. The van der Waals surface area contributed by atoms with Crippen LogP contribution >= 0.6 is 0 Å². The number of allylic oxidation sites excluding steroid dienone is 1. The molecule has 0 aliphatic carbocycles. The molecule has 2 amide bonds. The van der Waals surface area contributed by atoms with Crippen LogP contribution in [0.15, 0.2) is 37.2 Å². The molecule has 16 heteroatoms. The lowest BCUT2D eigenvalue weighted by Crippen LogP contribution is -2.48. The lowest BCUT2D eigenvalue weighted by molar-refractivity contribution is -0.137. The summed E-state index contributed by atoms with van der Waals surface area (Å²) in [7, 11) is 1.09. The zero-order valence-corrected chi connectivity index (χ0v) is 24.7. The minimum atomic E-state index is -4.80. The monoisotopic (exact) mass is 630 g/mol. The molecule has 5 rings (SSSR count). The zero-order valence-electron chi connectivity index (χ0n) is 24.7. The number of hydrogen-bond acceptors (Lipinski definition) is 10. The summed E-state index contributed by atoms with van der Waals surface area (Å²) in [6.07, 6.45) is -1.50. The lowest BCUT2D eigenvalue weighted by atomic mass is 10.1. The van der Waals surface area contributed by atoms with Crippen LogP contribution in [0.25, 0.3) is 16.9 Å². The topological polar surface area (TPSA) is 134 Å². The summed E-state index contributed by atoms with van der Waals surface area (Å²) in [6.45, 7) is 8.10. The third-order valence-corrected chi connectivity index (χ3v) is 7.62. The van der Waals surface area contributed by atoms with Crippen molar-refractivity contribution in [3.05, 3.63) is 48.3 Å². The molecule has 240 valence electrons. The maximum atomic E-state index is 14.2. The van der Waals surface area contributed by atoms with Gasteiger partial charge in [-0.25, -0.2) is 19.3 Å². The van der Waals surface area contributed by atoms with Crippen LogP contribution in [-0.4, -0.2) is 107 Å². The Hall–Kier alpha value is -4.57. The standard InChI is InChI=1S/C29H33F3N8O5/c1-3-20(41)4-5-25(42)38-8-6-37(7-9-38)17-19-14-23-27(39-10-12-45-13-11-39)35-26(36-40(23)18-19)21-16-33-24(34-28(43)44-2)15-22(21)29(30,31)32/h3,14-16,18H,1,4-13,17H2,2H3,(H,33,34,43). The predicted octanol–water partition coefficient (Wildman–Crippen LogP) is 3.00. The zero-order chi connectivity index (χ0) is 32.1. The van der Waals surface area contributed by atoms with Gasteiger partial charge in [-0.1, -0.05) is 6.58 Å². The molecule has 1 N–H and O–H groups in total. The van der Waals surface area contributed by atoms with E-state index in [0.29, 0.717) is 70.4 Å². The van der Waals surface area contributed by atoms with E-state index in [4.69, 9.17) is 4.74 Å². The van der Waals surface area contributed by atoms with Crippen LogP contribution in [0.2, 0.25) is 0 Å². The van der Waals surface area contributed by atoms with Gasteiger partial charge in [0.15, 0.2) is 17.4 Å². The third kappa shape index (κ3) is 7.57. The molecule has 13 nitrogen and oxygen atoms in total. The molecule has 0 aromatic carbocycles. The number of amides is 2. The van der Waals surface area contributed by atoms with Crippen molar-refractivity contribution in [3.8, 4) is 11.4 Å². The van der Waals surface area contributed by atoms with Gasteiger partial charge in [0, 0.05) is 71.0 Å². The molecule has 0 atom stereocenters. The molecule has 0 radical (unpaired) electrons. The van der Waals surface area contributed by atoms with E-state index in [0.717, 1.165) is 24.9 Å². The number of piperazine rings is 1. The van der Waals surface area contributed by atoms with Gasteiger partial charge >= 0.3 is 12.3 Å². The Morgan fingerprint density at radius 3 is 2.49 bits per heavy atom. The second-order valence-corrected chi connectivity index (χ2v) is 10.6. The van der Waals surface area contributed by atoms with Crippen LogP contribution in [0.3, 0.4) is 0 Å². The summed E-state index contributed by atoms with van der Waals surface area (Å²) in [4.78, 5) is 50.0. The Kier molecular flexibility index (Phi) is 9.63. The molecule has 45 heavy (non-hydrogen) atoms. The normalized spacial score (nSPS) is 16.1. The second kappa shape index (κ2) is 13.6. The van der Waals surface area contributed by atoms with Gasteiger partial charge in [-0.05, 0) is 23.8 Å². The minimum absolute atomic E-state index is 0.0702. The van der Waals surface area contributed by atoms with E-state index >= 15 is 0 Å². The first-order valence-electron chi connectivity index (χ1n) is 14.4. The molecule has 2 fully saturated rings. The number of nitrogens with zero attached hydrogens (tertiary/aromatic N) is 7. The fourth-order valence-corrected chi connectivity index (χ4v) is 5.24. The summed E-state index contributed by atoms with van der Waals surface area (Å²) < 4.78 is 54.2. The van der Waals surface area contributed by atoms with Crippen molar-refractivity contribution >= 4 is 34.9 Å². The molecule has 0 saturated carbocycles. The summed E-state index contributed by atoms with van der Waals surface area (Å²) >= 11 is 0. The average molecular weight is 631 g/mol. The maximum Gasteiger partial charge on any atom is 0.417 e. The first-order chi connectivity index (χ1) is 21.5. The van der Waals surface area contributed by atoms with Gasteiger partial charge in [0.1, 0.15) is 11.3 Å². The highest BCUT2D eigenvalue weighted by molar-refractivity contribution is 5.92. The van der Waals surface area contributed by atoms with Crippen molar-refractivity contribution in [2.75, 3.05) is 69.8 Å². The number of rotatable bonds is 9. The van der Waals surface area contributed by atoms with E-state index in [1.807, 2.05) is 11.0 Å². The summed E-state index contributed by atoms with van der Waals surface area (Å²) in [6, 6.07) is 2.64. The number of fused-ring (bicyclic) bond motifs is 1. The van der Waals surface area contributed by atoms with Gasteiger partial charge in [-0.3, -0.25) is 19.8 Å². The van der Waals surface area contributed by atoms with Crippen LogP contribution in [0.4, 0.5) is 29.6 Å². The van der Waals surface area contributed by atoms with Crippen molar-refractivity contribution in [1.82, 2.24) is 29.4 Å². The number of carbonyl (C=O) groups excluding carboxylic acids is 3. The predicted molar refractivity (Wildman–Crippen MR) is 157 cm³/mol. The molecule has 0 bridgehead atoms. The fraction of sp³-hybridized carbons (Fsp3) is 0.448. The van der Waals surface area contributed by atoms with Crippen LogP contribution in [0.1, 0.15) is 24.0 Å².